The summed E-state index contributed by atoms with van der Waals surface area (Å²) >= 11 is 0. The molecule has 5 rings (SSSR count). The maximum atomic E-state index is 14.6. The summed E-state index contributed by atoms with van der Waals surface area (Å²) in [4.78, 5) is 13.5. The molecular formula is C29H23F2NO4. The molecule has 7 heteroatoms. The number of nitriles is 1. The zero-order chi connectivity index (χ0) is 25.2. The fraction of sp³-hybridized carbons (Fsp3) is 0.241. The Labute approximate surface area is 207 Å². The quantitative estimate of drug-likeness (QED) is 0.404. The van der Waals surface area contributed by atoms with Crippen LogP contribution in [0.1, 0.15) is 45.8 Å². The Balaban J connectivity index is 1.54. The molecule has 1 aliphatic carbocycles. The van der Waals surface area contributed by atoms with Crippen LogP contribution >= 0.6 is 0 Å². The molecule has 0 N–H and O–H groups in total. The molecular weight excluding hydrogens is 464 g/mol. The van der Waals surface area contributed by atoms with Crippen LogP contribution < -0.4 is 14.2 Å². The number of carbonyl (C=O) groups excluding carboxylic acids is 1. The number of ketones is 1. The van der Waals surface area contributed by atoms with E-state index in [1.165, 1.54) is 0 Å². The summed E-state index contributed by atoms with van der Waals surface area (Å²) < 4.78 is 46.0. The number of fused-ring (bicyclic) bond motifs is 1. The predicted octanol–water partition coefficient (Wildman–Crippen LogP) is 6.07. The molecule has 0 saturated heterocycles. The fourth-order valence-electron chi connectivity index (χ4n) is 4.30. The number of halogens is 2. The van der Waals surface area contributed by atoms with E-state index in [1.807, 2.05) is 18.2 Å². The van der Waals surface area contributed by atoms with Crippen molar-refractivity contribution in [2.45, 2.75) is 24.9 Å². The zero-order valence-corrected chi connectivity index (χ0v) is 19.5. The molecule has 1 fully saturated rings. The van der Waals surface area contributed by atoms with E-state index in [0.717, 1.165) is 24.5 Å². The number of benzene rings is 3. The van der Waals surface area contributed by atoms with Gasteiger partial charge >= 0.3 is 0 Å². The number of para-hydroxylation sites is 1. The molecule has 2 unspecified atom stereocenters. The van der Waals surface area contributed by atoms with Gasteiger partial charge in [-0.3, -0.25) is 4.79 Å². The summed E-state index contributed by atoms with van der Waals surface area (Å²) in [7, 11) is 1.56. The number of rotatable bonds is 7. The lowest BCUT2D eigenvalue weighted by Crippen LogP contribution is -2.35. The minimum Gasteiger partial charge on any atom is -0.493 e. The highest BCUT2D eigenvalue weighted by Crippen LogP contribution is 2.40. The van der Waals surface area contributed by atoms with Gasteiger partial charge < -0.3 is 14.2 Å². The second-order valence-corrected chi connectivity index (χ2v) is 8.91. The SMILES string of the molecule is COc1cccc(/C=C/C2Oc3c(F)cc(F)cc3C(=O)C2c2ccc(C#N)cc2)c1OCC1CC1. The van der Waals surface area contributed by atoms with Crippen LogP contribution in [0.3, 0.4) is 0 Å². The molecule has 3 aromatic rings. The highest BCUT2D eigenvalue weighted by molar-refractivity contribution is 6.05. The molecule has 0 aromatic heterocycles. The minimum absolute atomic E-state index is 0.152. The first-order valence-electron chi connectivity index (χ1n) is 11.7. The summed E-state index contributed by atoms with van der Waals surface area (Å²) in [5.41, 5.74) is 1.57. The molecule has 5 nitrogen and oxygen atoms in total. The van der Waals surface area contributed by atoms with Gasteiger partial charge in [0, 0.05) is 11.6 Å². The van der Waals surface area contributed by atoms with Crippen LogP contribution in [0.2, 0.25) is 0 Å². The Morgan fingerprint density at radius 1 is 1.14 bits per heavy atom. The largest absolute Gasteiger partial charge is 0.493 e. The van der Waals surface area contributed by atoms with E-state index in [0.29, 0.717) is 41.2 Å². The van der Waals surface area contributed by atoms with E-state index in [9.17, 15) is 13.6 Å². The van der Waals surface area contributed by atoms with E-state index >= 15 is 0 Å². The van der Waals surface area contributed by atoms with Gasteiger partial charge in [-0.15, -0.1) is 0 Å². The fourth-order valence-corrected chi connectivity index (χ4v) is 4.30. The molecule has 36 heavy (non-hydrogen) atoms. The van der Waals surface area contributed by atoms with Crippen molar-refractivity contribution in [3.8, 4) is 23.3 Å². The molecule has 0 amide bonds. The Hall–Kier alpha value is -4.18. The number of nitrogens with zero attached hydrogens (tertiary/aromatic N) is 1. The lowest BCUT2D eigenvalue weighted by Gasteiger charge is -2.31. The smallest absolute Gasteiger partial charge is 0.178 e. The van der Waals surface area contributed by atoms with Crippen molar-refractivity contribution in [1.82, 2.24) is 0 Å². The van der Waals surface area contributed by atoms with E-state index < -0.39 is 29.4 Å². The molecule has 0 radical (unpaired) electrons. The van der Waals surface area contributed by atoms with E-state index in [4.69, 9.17) is 19.5 Å². The number of carbonyl (C=O) groups is 1. The third-order valence-electron chi connectivity index (χ3n) is 6.39. The average Bonchev–Trinajstić information content (AvgIpc) is 3.71. The number of Topliss-reactive ketones (excluding diaryl/α,β-unsaturated/α-hetero) is 1. The highest BCUT2D eigenvalue weighted by atomic mass is 19.1. The summed E-state index contributed by atoms with van der Waals surface area (Å²) in [5.74, 6) is -1.73. The van der Waals surface area contributed by atoms with E-state index in [-0.39, 0.29) is 11.3 Å². The van der Waals surface area contributed by atoms with E-state index in [2.05, 4.69) is 0 Å². The first-order valence-corrected chi connectivity index (χ1v) is 11.7. The van der Waals surface area contributed by atoms with Crippen LogP contribution in [0.25, 0.3) is 6.08 Å². The minimum atomic E-state index is -0.940. The van der Waals surface area contributed by atoms with Crippen molar-refractivity contribution in [3.63, 3.8) is 0 Å². The summed E-state index contributed by atoms with van der Waals surface area (Å²) in [6.07, 6.45) is 4.81. The lowest BCUT2D eigenvalue weighted by molar-refractivity contribution is 0.0833. The van der Waals surface area contributed by atoms with Gasteiger partial charge in [0.2, 0.25) is 0 Å². The Bertz CT molecular complexity index is 1370. The van der Waals surface area contributed by atoms with Crippen LogP contribution in [-0.4, -0.2) is 25.6 Å². The molecule has 0 spiro atoms. The number of hydrogen-bond donors (Lipinski definition) is 0. The van der Waals surface area contributed by atoms with Crippen molar-refractivity contribution in [2.24, 2.45) is 5.92 Å². The van der Waals surface area contributed by atoms with Crippen molar-refractivity contribution >= 4 is 11.9 Å². The Kier molecular flexibility index (Phi) is 6.43. The summed E-state index contributed by atoms with van der Waals surface area (Å²) in [6.45, 7) is 0.581. The first-order chi connectivity index (χ1) is 17.5. The van der Waals surface area contributed by atoms with Gasteiger partial charge in [-0.25, -0.2) is 8.78 Å². The van der Waals surface area contributed by atoms with Crippen LogP contribution in [0.15, 0.2) is 60.7 Å². The van der Waals surface area contributed by atoms with Gasteiger partial charge in [-0.2, -0.15) is 5.26 Å². The predicted molar refractivity (Wildman–Crippen MR) is 129 cm³/mol. The molecule has 1 saturated carbocycles. The van der Waals surface area contributed by atoms with Crippen LogP contribution in [-0.2, 0) is 0 Å². The van der Waals surface area contributed by atoms with Gasteiger partial charge in [0.25, 0.3) is 0 Å². The molecule has 1 aliphatic heterocycles. The third-order valence-corrected chi connectivity index (χ3v) is 6.39. The standard InChI is InChI=1S/C29H23F2NO4/c1-34-25-4-2-3-20(28(25)35-16-18-5-6-18)11-12-24-26(19-9-7-17(15-32)8-10-19)27(33)22-13-21(30)14-23(31)29(22)36-24/h2-4,7-14,18,24,26H,5-6,16H2,1H3/b12-11+. The number of hydrogen-bond acceptors (Lipinski definition) is 5. The Morgan fingerprint density at radius 2 is 1.92 bits per heavy atom. The van der Waals surface area contributed by atoms with Crippen LogP contribution in [0.4, 0.5) is 8.78 Å². The average molecular weight is 488 g/mol. The van der Waals surface area contributed by atoms with Crippen molar-refractivity contribution in [2.75, 3.05) is 13.7 Å². The molecule has 0 bridgehead atoms. The normalized spacial score (nSPS) is 18.9. The second-order valence-electron chi connectivity index (χ2n) is 8.91. The van der Waals surface area contributed by atoms with Crippen molar-refractivity contribution in [3.05, 3.63) is 94.6 Å². The molecule has 3 aromatic carbocycles. The summed E-state index contributed by atoms with van der Waals surface area (Å²) in [6, 6.07) is 15.7. The molecule has 1 heterocycles. The van der Waals surface area contributed by atoms with E-state index in [1.54, 1.807) is 49.6 Å². The lowest BCUT2D eigenvalue weighted by atomic mass is 9.83. The third kappa shape index (κ3) is 4.67. The second kappa shape index (κ2) is 9.82. The first kappa shape index (κ1) is 23.6. The molecule has 2 aliphatic rings. The Morgan fingerprint density at radius 3 is 2.61 bits per heavy atom. The van der Waals surface area contributed by atoms with Gasteiger partial charge in [-0.05, 0) is 54.7 Å². The summed E-state index contributed by atoms with van der Waals surface area (Å²) in [5, 5.41) is 9.14. The topological polar surface area (TPSA) is 68.5 Å². The van der Waals surface area contributed by atoms with Gasteiger partial charge in [0.15, 0.2) is 28.8 Å². The van der Waals surface area contributed by atoms with Crippen molar-refractivity contribution in [1.29, 1.82) is 5.26 Å². The molecule has 182 valence electrons. The van der Waals surface area contributed by atoms with Crippen molar-refractivity contribution < 1.29 is 27.8 Å². The van der Waals surface area contributed by atoms with Gasteiger partial charge in [0.1, 0.15) is 11.9 Å². The van der Waals surface area contributed by atoms with Gasteiger partial charge in [-0.1, -0.05) is 30.3 Å². The molecule has 2 atom stereocenters. The highest BCUT2D eigenvalue weighted by Gasteiger charge is 2.39. The van der Waals surface area contributed by atoms with Gasteiger partial charge in [0.05, 0.1) is 36.8 Å². The van der Waals surface area contributed by atoms with Crippen LogP contribution in [0, 0.1) is 28.9 Å². The maximum absolute atomic E-state index is 14.6. The maximum Gasteiger partial charge on any atom is 0.178 e. The number of ether oxygens (including phenoxy) is 3. The van der Waals surface area contributed by atoms with Crippen LogP contribution in [0.5, 0.6) is 17.2 Å². The zero-order valence-electron chi connectivity index (χ0n) is 19.5. The number of methoxy groups -OCH3 is 1. The monoisotopic (exact) mass is 487 g/mol.